The molecular formula is C20H29N4O+. The molecule has 5 nitrogen and oxygen atoms in total. The fourth-order valence-corrected chi connectivity index (χ4v) is 3.76. The molecule has 3 rings (SSSR count). The maximum absolute atomic E-state index is 6.06. The number of nitrogen functional groups attached to an aromatic ring is 1. The molecule has 0 bridgehead atoms. The Morgan fingerprint density at radius 1 is 1.08 bits per heavy atom. The van der Waals surface area contributed by atoms with Crippen molar-refractivity contribution in [3.8, 4) is 11.5 Å². The number of nitrogens with zero attached hydrogens (tertiary/aromatic N) is 2. The second-order valence-corrected chi connectivity index (χ2v) is 7.09. The summed E-state index contributed by atoms with van der Waals surface area (Å²) in [5.74, 6) is 2.65. The van der Waals surface area contributed by atoms with E-state index in [-0.39, 0.29) is 0 Å². The number of rotatable bonds is 5. The molecule has 0 aliphatic carbocycles. The lowest BCUT2D eigenvalue weighted by atomic mass is 10.0. The van der Waals surface area contributed by atoms with Crippen LogP contribution < -0.4 is 20.3 Å². The van der Waals surface area contributed by atoms with E-state index in [1.54, 1.807) is 0 Å². The number of hydrogen-bond acceptors (Lipinski definition) is 4. The number of anilines is 2. The lowest BCUT2D eigenvalue weighted by Gasteiger charge is -2.43. The second kappa shape index (κ2) is 7.31. The zero-order valence-corrected chi connectivity index (χ0v) is 15.5. The Balaban J connectivity index is 1.87. The minimum absolute atomic E-state index is 0.508. The Bertz CT molecular complexity index is 723. The summed E-state index contributed by atoms with van der Waals surface area (Å²) in [4.78, 5) is 4.70. The van der Waals surface area contributed by atoms with E-state index in [0.29, 0.717) is 11.7 Å². The molecule has 0 unspecified atom stereocenters. The Morgan fingerprint density at radius 2 is 1.80 bits per heavy atom. The lowest BCUT2D eigenvalue weighted by Crippen LogP contribution is -2.57. The standard InChI is InChI=1S/C20H29N4O/c1-15(2)24(11-5-4-6-12-24)20-14-17(9-10-23-20)25-16-7-8-19(22-3)18(21)13-16/h7-10,13-15,22H,4-6,11-12,21H2,1-3H3/q+1. The number of likely N-dealkylation sites (tertiary alicyclic amines) is 1. The van der Waals surface area contributed by atoms with Crippen molar-refractivity contribution < 1.29 is 4.74 Å². The average Bonchev–Trinajstić information content (AvgIpc) is 2.62. The normalized spacial score (nSPS) is 16.6. The first-order valence-electron chi connectivity index (χ1n) is 9.14. The average molecular weight is 341 g/mol. The first-order chi connectivity index (χ1) is 12.0. The molecule has 0 spiro atoms. The molecule has 2 aromatic rings. The molecule has 1 aliphatic rings. The van der Waals surface area contributed by atoms with Crippen LogP contribution >= 0.6 is 0 Å². The van der Waals surface area contributed by atoms with E-state index in [4.69, 9.17) is 15.5 Å². The molecule has 1 fully saturated rings. The van der Waals surface area contributed by atoms with Crippen LogP contribution in [0, 0.1) is 0 Å². The number of nitrogens with one attached hydrogen (secondary N) is 1. The molecule has 25 heavy (non-hydrogen) atoms. The van der Waals surface area contributed by atoms with Crippen molar-refractivity contribution in [1.82, 2.24) is 9.47 Å². The van der Waals surface area contributed by atoms with E-state index in [0.717, 1.165) is 40.6 Å². The summed E-state index contributed by atoms with van der Waals surface area (Å²) in [6.45, 7) is 6.88. The molecule has 5 heteroatoms. The van der Waals surface area contributed by atoms with E-state index in [1.807, 2.05) is 37.5 Å². The fraction of sp³-hybridized carbons (Fsp3) is 0.450. The van der Waals surface area contributed by atoms with Gasteiger partial charge in [-0.15, -0.1) is 0 Å². The van der Waals surface area contributed by atoms with Gasteiger partial charge < -0.3 is 15.8 Å². The van der Waals surface area contributed by atoms with Crippen LogP contribution in [0.15, 0.2) is 36.5 Å². The van der Waals surface area contributed by atoms with Crippen LogP contribution in [0.5, 0.6) is 11.5 Å². The van der Waals surface area contributed by atoms with E-state index >= 15 is 0 Å². The van der Waals surface area contributed by atoms with Crippen LogP contribution in [0.2, 0.25) is 0 Å². The third-order valence-corrected chi connectivity index (χ3v) is 5.30. The van der Waals surface area contributed by atoms with Crippen LogP contribution in [-0.2, 0) is 0 Å². The Labute approximate surface area is 150 Å². The highest BCUT2D eigenvalue weighted by Gasteiger charge is 2.37. The lowest BCUT2D eigenvalue weighted by molar-refractivity contribution is 0.181. The van der Waals surface area contributed by atoms with Gasteiger partial charge in [0.05, 0.1) is 36.6 Å². The Kier molecular flexibility index (Phi) is 5.13. The molecule has 0 amide bonds. The van der Waals surface area contributed by atoms with E-state index < -0.39 is 0 Å². The quantitative estimate of drug-likeness (QED) is 0.625. The summed E-state index contributed by atoms with van der Waals surface area (Å²) >= 11 is 0. The summed E-state index contributed by atoms with van der Waals surface area (Å²) in [6, 6.07) is 10.2. The van der Waals surface area contributed by atoms with Gasteiger partial charge in [-0.1, -0.05) is 0 Å². The first kappa shape index (κ1) is 17.5. The van der Waals surface area contributed by atoms with Gasteiger partial charge in [-0.3, -0.25) is 4.48 Å². The second-order valence-electron chi connectivity index (χ2n) is 7.09. The number of quaternary nitrogens is 1. The SMILES string of the molecule is CNc1ccc(Oc2ccnc([N+]3(C(C)C)CCCCC3)c2)cc1N. The molecule has 3 N–H and O–H groups in total. The van der Waals surface area contributed by atoms with Gasteiger partial charge in [-0.05, 0) is 51.3 Å². The van der Waals surface area contributed by atoms with Crippen molar-refractivity contribution in [3.63, 3.8) is 0 Å². The predicted molar refractivity (Wildman–Crippen MR) is 105 cm³/mol. The van der Waals surface area contributed by atoms with E-state index in [1.165, 1.54) is 19.3 Å². The topological polar surface area (TPSA) is 60.2 Å². The summed E-state index contributed by atoms with van der Waals surface area (Å²) < 4.78 is 7.00. The van der Waals surface area contributed by atoms with Crippen LogP contribution in [-0.4, -0.2) is 31.2 Å². The van der Waals surface area contributed by atoms with Crippen LogP contribution in [0.4, 0.5) is 17.2 Å². The zero-order valence-electron chi connectivity index (χ0n) is 15.5. The van der Waals surface area contributed by atoms with Crippen molar-refractivity contribution in [3.05, 3.63) is 36.5 Å². The third kappa shape index (κ3) is 3.56. The number of piperidine rings is 1. The molecule has 1 saturated heterocycles. The van der Waals surface area contributed by atoms with Crippen molar-refractivity contribution in [2.45, 2.75) is 39.2 Å². The largest absolute Gasteiger partial charge is 0.457 e. The number of ether oxygens (including phenoxy) is 1. The molecule has 0 atom stereocenters. The molecular weight excluding hydrogens is 312 g/mol. The Morgan fingerprint density at radius 3 is 2.44 bits per heavy atom. The maximum atomic E-state index is 6.06. The van der Waals surface area contributed by atoms with Gasteiger partial charge in [0, 0.05) is 19.3 Å². The van der Waals surface area contributed by atoms with Gasteiger partial charge in [0.1, 0.15) is 11.5 Å². The highest BCUT2D eigenvalue weighted by Crippen LogP contribution is 2.34. The predicted octanol–water partition coefficient (Wildman–Crippen LogP) is 4.40. The summed E-state index contributed by atoms with van der Waals surface area (Å²) in [5.41, 5.74) is 7.62. The van der Waals surface area contributed by atoms with Gasteiger partial charge in [0.25, 0.3) is 0 Å². The number of benzene rings is 1. The maximum Gasteiger partial charge on any atom is 0.231 e. The molecule has 134 valence electrons. The van der Waals surface area contributed by atoms with Crippen LogP contribution in [0.1, 0.15) is 33.1 Å². The van der Waals surface area contributed by atoms with Gasteiger partial charge in [-0.25, -0.2) is 4.98 Å². The molecule has 2 heterocycles. The number of nitrogens with two attached hydrogens (primary N) is 1. The van der Waals surface area contributed by atoms with Gasteiger partial charge in [0.15, 0.2) is 0 Å². The molecule has 0 saturated carbocycles. The third-order valence-electron chi connectivity index (χ3n) is 5.30. The molecule has 1 aromatic carbocycles. The zero-order chi connectivity index (χ0) is 17.9. The number of aromatic nitrogens is 1. The first-order valence-corrected chi connectivity index (χ1v) is 9.14. The minimum Gasteiger partial charge on any atom is -0.457 e. The van der Waals surface area contributed by atoms with Gasteiger partial charge in [0.2, 0.25) is 5.82 Å². The van der Waals surface area contributed by atoms with E-state index in [9.17, 15) is 0 Å². The number of pyridine rings is 1. The van der Waals surface area contributed by atoms with Crippen molar-refractivity contribution in [2.75, 3.05) is 31.2 Å². The highest BCUT2D eigenvalue weighted by atomic mass is 16.5. The summed E-state index contributed by atoms with van der Waals surface area (Å²) in [6.07, 6.45) is 5.69. The minimum atomic E-state index is 0.508. The van der Waals surface area contributed by atoms with E-state index in [2.05, 4.69) is 25.2 Å². The molecule has 0 radical (unpaired) electrons. The summed E-state index contributed by atoms with van der Waals surface area (Å²) in [7, 11) is 1.86. The van der Waals surface area contributed by atoms with Gasteiger partial charge >= 0.3 is 0 Å². The molecule has 1 aliphatic heterocycles. The smallest absolute Gasteiger partial charge is 0.231 e. The fourth-order valence-electron chi connectivity index (χ4n) is 3.76. The van der Waals surface area contributed by atoms with Crippen molar-refractivity contribution in [1.29, 1.82) is 0 Å². The number of hydrogen-bond donors (Lipinski definition) is 2. The van der Waals surface area contributed by atoms with Crippen molar-refractivity contribution in [2.24, 2.45) is 0 Å². The highest BCUT2D eigenvalue weighted by molar-refractivity contribution is 5.68. The monoisotopic (exact) mass is 341 g/mol. The molecule has 1 aromatic heterocycles. The van der Waals surface area contributed by atoms with Gasteiger partial charge in [-0.2, -0.15) is 0 Å². The Hall–Kier alpha value is -2.27. The summed E-state index contributed by atoms with van der Waals surface area (Å²) in [5, 5.41) is 3.06. The van der Waals surface area contributed by atoms with Crippen molar-refractivity contribution >= 4 is 17.2 Å². The van der Waals surface area contributed by atoms with Crippen LogP contribution in [0.25, 0.3) is 0 Å². The van der Waals surface area contributed by atoms with Crippen LogP contribution in [0.3, 0.4) is 0 Å².